The summed E-state index contributed by atoms with van der Waals surface area (Å²) < 4.78 is 154. The maximum atomic E-state index is 13.8. The molecular weight excluding hydrogens is 1880 g/mol. The summed E-state index contributed by atoms with van der Waals surface area (Å²) in [6, 6.07) is 0.405. The summed E-state index contributed by atoms with van der Waals surface area (Å²) in [4.78, 5) is 184. The number of halogens is 6. The number of fused-ring (bicyclic) bond motifs is 3. The minimum Gasteiger partial charge on any atom is -0.503 e. The van der Waals surface area contributed by atoms with Gasteiger partial charge < -0.3 is 133 Å². The molecule has 776 valence electrons. The summed E-state index contributed by atoms with van der Waals surface area (Å²) in [6.07, 6.45) is 4.34. The zero-order valence-electron chi connectivity index (χ0n) is 79.7. The number of hydrogen-bond acceptors (Lipinski definition) is 36. The highest BCUT2D eigenvalue weighted by molar-refractivity contribution is 5.99. The summed E-state index contributed by atoms with van der Waals surface area (Å²) in [6.45, 7) is 26.8. The number of aryl methyl sites for hydroxylation is 1. The van der Waals surface area contributed by atoms with Crippen LogP contribution in [0.15, 0.2) is 72.7 Å². The van der Waals surface area contributed by atoms with Crippen molar-refractivity contribution in [3.8, 4) is 23.0 Å². The van der Waals surface area contributed by atoms with Gasteiger partial charge in [-0.1, -0.05) is 28.2 Å². The van der Waals surface area contributed by atoms with Gasteiger partial charge in [0.25, 0.3) is 11.8 Å². The number of rotatable bonds is 14. The molecule has 7 aliphatic rings. The van der Waals surface area contributed by atoms with E-state index in [1.807, 2.05) is 6.92 Å². The van der Waals surface area contributed by atoms with Crippen LogP contribution in [-0.4, -0.2) is 276 Å². The Balaban J connectivity index is 0.000000561. The van der Waals surface area contributed by atoms with E-state index in [0.29, 0.717) is 77.9 Å². The molecular formula is C90H120F6N10O34. The lowest BCUT2D eigenvalue weighted by molar-refractivity contribution is -0.193. The first-order valence-corrected chi connectivity index (χ1v) is 41.9. The Kier molecular flexibility index (Phi) is 50.7. The number of esters is 2. The molecule has 0 spiro atoms. The molecule has 11 heterocycles. The lowest BCUT2D eigenvalue weighted by Gasteiger charge is -2.36. The van der Waals surface area contributed by atoms with Crippen LogP contribution in [0.1, 0.15) is 168 Å². The van der Waals surface area contributed by atoms with Crippen LogP contribution in [0.4, 0.5) is 35.9 Å². The number of ether oxygens (including phenoxy) is 13. The number of alkyl carbamates (subject to hydrolysis) is 1. The predicted octanol–water partition coefficient (Wildman–Crippen LogP) is 5.18. The molecule has 6 fully saturated rings. The van der Waals surface area contributed by atoms with Crippen molar-refractivity contribution >= 4 is 60.4 Å². The molecule has 4 aromatic heterocycles. The number of pyridine rings is 3. The van der Waals surface area contributed by atoms with Crippen LogP contribution in [0.25, 0.3) is 0 Å². The number of aromatic hydroxyl groups is 1. The number of nitrogens with two attached hydrogens (primary N) is 3. The number of carbonyl (C=O) groups excluding carboxylic acids is 12. The zero-order valence-corrected chi connectivity index (χ0v) is 79.7. The maximum absolute atomic E-state index is 13.8. The van der Waals surface area contributed by atoms with Crippen molar-refractivity contribution in [1.82, 2.24) is 34.1 Å². The average molecular weight is 2000 g/mol. The fourth-order valence-corrected chi connectivity index (χ4v) is 13.6. The number of amides is 4. The number of aliphatic hydroxyl groups is 1. The standard InChI is InChI=1S/C19H16F3N3O5.2C18H26N2O7.C9H10O5.C7H6F3N.2C5H11NO.C5H10O2.3CO2.CH4/c1-24-13-6-30-7-14(13)25-5-10(16(26)17(27)15(25)19(24)29)18(28)23-4-9-11(21)2-8(20)3-12(9)22;1-10-15(24-5)14(21)11(16(22)25-6)7-20(10)13-9-26-8-12(13)19-17(23)27-18(2,3)4;1-10-15(25-6)14(21)11(16(22)23)7-20(10)13-9-26-8-12(13)19(5)17(24)27-18(2,3)4;1-5-8(12-2)7(10)6(4-14-5)9(11)13-3;8-4-1-6(9)5(3-11)7(10)2-4;3*1-4-2-7-3-5(4)6;3*2-1-3;/h2-3,5,13-14,27H,4,6-7H2,1H3,(H,23,28);7,12-13H,8-9H2,1-6H3,(H,19,23);7,12-13H,8-9H2,1-6H3,(H,22,23);4H,1-3H3;1-2H,3,11H2;2*4-5H,2-3,6H2,1H3;4-6H,2-3H2,1H3;;;;1H4/t13-,14-;2*12-,13-;;;2*4-,5-;4-,5+;;;;/m111..111..../s1. The number of likely N-dealkylation sites (N-methyl/N-ethyl adjacent to an activating group) is 2. The number of hydrogen-bond donors (Lipinski definition) is 8. The summed E-state index contributed by atoms with van der Waals surface area (Å²) in [5, 5.41) is 33.5. The molecule has 0 unspecified atom stereocenters. The molecule has 0 saturated carbocycles. The van der Waals surface area contributed by atoms with Crippen LogP contribution in [0.2, 0.25) is 0 Å². The zero-order chi connectivity index (χ0) is 106. The third-order valence-corrected chi connectivity index (χ3v) is 21.2. The summed E-state index contributed by atoms with van der Waals surface area (Å²) in [7, 11) is 9.52. The number of aliphatic hydroxyl groups excluding tert-OH is 1. The second kappa shape index (κ2) is 57.9. The van der Waals surface area contributed by atoms with E-state index in [9.17, 15) is 89.3 Å². The normalized spacial score (nSPS) is 20.1. The smallest absolute Gasteiger partial charge is 0.410 e. The molecule has 0 radical (unpaired) electrons. The fraction of sp³-hybridized carbons (Fsp3) is 0.533. The first kappa shape index (κ1) is 123. The van der Waals surface area contributed by atoms with E-state index in [1.54, 1.807) is 78.5 Å². The number of methoxy groups -OCH3 is 5. The van der Waals surface area contributed by atoms with Gasteiger partial charge in [-0.15, -0.1) is 0 Å². The molecule has 0 bridgehead atoms. The number of carboxylic acid groups (broad SMARTS) is 1. The van der Waals surface area contributed by atoms with Gasteiger partial charge in [0.05, 0.1) is 169 Å². The van der Waals surface area contributed by atoms with Crippen LogP contribution in [0.3, 0.4) is 0 Å². The molecule has 2 aromatic carbocycles. The van der Waals surface area contributed by atoms with Gasteiger partial charge in [-0.25, -0.2) is 50.3 Å². The van der Waals surface area contributed by atoms with Gasteiger partial charge in [-0.3, -0.25) is 28.8 Å². The minimum absolute atomic E-state index is 0. The number of aromatic carboxylic acids is 1. The summed E-state index contributed by atoms with van der Waals surface area (Å²) in [5.41, 5.74) is 10.6. The number of carbonyl (C=O) groups is 7. The maximum Gasteiger partial charge on any atom is 0.410 e. The Hall–Kier alpha value is -13.3. The van der Waals surface area contributed by atoms with E-state index >= 15 is 0 Å². The van der Waals surface area contributed by atoms with Crippen molar-refractivity contribution < 1.29 is 170 Å². The Morgan fingerprint density at radius 1 is 0.529 bits per heavy atom. The first-order valence-electron chi connectivity index (χ1n) is 41.9. The first-order chi connectivity index (χ1) is 65.2. The molecule has 7 aliphatic heterocycles. The van der Waals surface area contributed by atoms with Gasteiger partial charge >= 0.3 is 48.5 Å². The van der Waals surface area contributed by atoms with Gasteiger partial charge in [0, 0.05) is 99.2 Å². The molecule has 13 rings (SSSR count). The van der Waals surface area contributed by atoms with Crippen molar-refractivity contribution in [2.75, 3.05) is 129 Å². The lowest BCUT2D eigenvalue weighted by Crippen LogP contribution is -2.49. The van der Waals surface area contributed by atoms with Crippen LogP contribution in [0.5, 0.6) is 23.0 Å². The highest BCUT2D eigenvalue weighted by Gasteiger charge is 2.45. The molecule has 50 heteroatoms. The van der Waals surface area contributed by atoms with E-state index in [0.717, 1.165) is 45.5 Å². The SMILES string of the molecule is C.CN1C(=O)c2c(O)c(=O)c(C(=O)NCc3c(F)cc(F)cc3F)cn2[C@@H]2COC[C@H]21.COC(=O)c1cn([C@@H]2COC[C@H]2NC(=O)OC(C)(C)C)c(C)c(OC)c1=O.COC(=O)c1coc(C)c(OC)c1=O.COc1c(C)n([C@@H]2COC[C@H]2N(C)C(=O)OC(C)(C)C)cc(C(=O)O)c1=O.C[C@@H]1COC[C@@H]1O.C[C@@H]1COC[C@H]1N.C[C@@H]1COC[C@H]1N.NCc1c(F)cc(F)cc1F.O=C=O.O=C=O.O=C=O. The van der Waals surface area contributed by atoms with E-state index < -0.39 is 163 Å². The summed E-state index contributed by atoms with van der Waals surface area (Å²) >= 11 is 0. The second-order valence-electron chi connectivity index (χ2n) is 33.1. The Labute approximate surface area is 798 Å². The van der Waals surface area contributed by atoms with Crippen molar-refractivity contribution in [3.05, 3.63) is 181 Å². The van der Waals surface area contributed by atoms with Gasteiger partial charge in [-0.05, 0) is 74.1 Å². The van der Waals surface area contributed by atoms with E-state index in [4.69, 9.17) is 112 Å². The van der Waals surface area contributed by atoms with Gasteiger partial charge in [0.2, 0.25) is 27.5 Å². The Morgan fingerprint density at radius 2 is 0.929 bits per heavy atom. The molecule has 11 N–H and O–H groups in total. The highest BCUT2D eigenvalue weighted by Crippen LogP contribution is 2.35. The van der Waals surface area contributed by atoms with Crippen molar-refractivity contribution in [2.45, 2.75) is 169 Å². The van der Waals surface area contributed by atoms with Crippen molar-refractivity contribution in [2.24, 2.45) is 35.0 Å². The van der Waals surface area contributed by atoms with Crippen LogP contribution in [-0.2, 0) is 89.2 Å². The van der Waals surface area contributed by atoms with Crippen LogP contribution in [0, 0.1) is 73.4 Å². The van der Waals surface area contributed by atoms with Crippen LogP contribution < -0.4 is 63.8 Å². The van der Waals surface area contributed by atoms with Crippen molar-refractivity contribution in [3.63, 3.8) is 0 Å². The number of benzene rings is 2. The van der Waals surface area contributed by atoms with Crippen LogP contribution >= 0.6 is 0 Å². The third kappa shape index (κ3) is 34.6. The molecule has 6 saturated heterocycles. The molecule has 4 amide bonds. The molecule has 6 aromatic rings. The molecule has 0 aliphatic carbocycles. The second-order valence-corrected chi connectivity index (χ2v) is 33.1. The third-order valence-electron chi connectivity index (χ3n) is 21.2. The Bertz CT molecular complexity index is 5430. The fourth-order valence-electron chi connectivity index (χ4n) is 13.6. The minimum atomic E-state index is -1.34. The van der Waals surface area contributed by atoms with E-state index in [1.165, 1.54) is 69.4 Å². The number of carboxylic acids is 1. The molecule has 12 atom stereocenters. The van der Waals surface area contributed by atoms with E-state index in [-0.39, 0.29) is 130 Å². The monoisotopic (exact) mass is 2000 g/mol. The Morgan fingerprint density at radius 3 is 1.34 bits per heavy atom. The molecule has 44 nitrogen and oxygen atoms in total. The topological polar surface area (TPSA) is 607 Å². The number of nitrogens with one attached hydrogen (secondary N) is 2. The van der Waals surface area contributed by atoms with Gasteiger partial charge in [-0.2, -0.15) is 28.8 Å². The average Bonchev–Trinajstić information content (AvgIpc) is 1.41. The largest absolute Gasteiger partial charge is 0.503 e. The quantitative estimate of drug-likeness (QED) is 0.0395. The van der Waals surface area contributed by atoms with Gasteiger partial charge in [0.15, 0.2) is 22.9 Å². The van der Waals surface area contributed by atoms with E-state index in [2.05, 4.69) is 29.2 Å². The lowest BCUT2D eigenvalue weighted by atomic mass is 10.0. The summed E-state index contributed by atoms with van der Waals surface area (Å²) in [5.74, 6) is -9.84. The predicted molar refractivity (Wildman–Crippen MR) is 474 cm³/mol. The molecule has 140 heavy (non-hydrogen) atoms. The number of nitrogens with zero attached hydrogens (tertiary/aromatic N) is 5. The number of aromatic nitrogens is 3. The van der Waals surface area contributed by atoms with Gasteiger partial charge in [0.1, 0.15) is 80.4 Å². The van der Waals surface area contributed by atoms with Crippen molar-refractivity contribution in [1.29, 1.82) is 0 Å². The highest BCUT2D eigenvalue weighted by atomic mass is 19.2.